The molecule has 0 amide bonds. The van der Waals surface area contributed by atoms with Gasteiger partial charge in [0.25, 0.3) is 0 Å². The van der Waals surface area contributed by atoms with Gasteiger partial charge < -0.3 is 5.11 Å². The van der Waals surface area contributed by atoms with Crippen molar-refractivity contribution >= 4 is 0 Å². The molecular formula is C15H23NO. The number of aliphatic hydroxyl groups is 1. The molecular weight excluding hydrogens is 210 g/mol. The first-order valence-corrected chi connectivity index (χ1v) is 6.77. The van der Waals surface area contributed by atoms with Crippen LogP contribution in [0.25, 0.3) is 0 Å². The average Bonchev–Trinajstić information content (AvgIpc) is 2.38. The van der Waals surface area contributed by atoms with Gasteiger partial charge in [0.1, 0.15) is 0 Å². The van der Waals surface area contributed by atoms with Crippen molar-refractivity contribution in [1.29, 1.82) is 0 Å². The maximum atomic E-state index is 10.1. The van der Waals surface area contributed by atoms with Gasteiger partial charge in [-0.25, -0.2) is 0 Å². The number of aliphatic hydroxyl groups excluding tert-OH is 1. The molecule has 94 valence electrons. The molecule has 1 saturated carbocycles. The molecule has 0 spiro atoms. The maximum absolute atomic E-state index is 10.1. The summed E-state index contributed by atoms with van der Waals surface area (Å²) in [6.45, 7) is 4.15. The minimum absolute atomic E-state index is 0.132. The SMILES string of the molecule is CCN(Cc1ccccc1)[C@H]1CCCC[C@@H]1O. The highest BCUT2D eigenvalue weighted by Gasteiger charge is 2.27. The second-order valence-electron chi connectivity index (χ2n) is 4.97. The first kappa shape index (κ1) is 12.6. The lowest BCUT2D eigenvalue weighted by Gasteiger charge is -2.37. The Hall–Kier alpha value is -0.860. The van der Waals surface area contributed by atoms with Crippen LogP contribution in [-0.2, 0) is 6.54 Å². The number of rotatable bonds is 4. The fourth-order valence-electron chi connectivity index (χ4n) is 2.80. The van der Waals surface area contributed by atoms with Crippen LogP contribution >= 0.6 is 0 Å². The van der Waals surface area contributed by atoms with Crippen LogP contribution in [0, 0.1) is 0 Å². The Bertz CT molecular complexity index is 325. The van der Waals surface area contributed by atoms with Gasteiger partial charge in [-0.3, -0.25) is 4.90 Å². The second-order valence-corrected chi connectivity index (χ2v) is 4.97. The number of hydrogen-bond donors (Lipinski definition) is 1. The standard InChI is InChI=1S/C15H23NO/c1-2-16(12-13-8-4-3-5-9-13)14-10-6-7-11-15(14)17/h3-5,8-9,14-15,17H,2,6-7,10-12H2,1H3/t14-,15-/m0/s1. The fraction of sp³-hybridized carbons (Fsp3) is 0.600. The molecule has 0 aliphatic heterocycles. The topological polar surface area (TPSA) is 23.5 Å². The molecule has 0 heterocycles. The van der Waals surface area contributed by atoms with E-state index in [0.29, 0.717) is 6.04 Å². The van der Waals surface area contributed by atoms with Crippen LogP contribution in [0.4, 0.5) is 0 Å². The van der Waals surface area contributed by atoms with Crippen LogP contribution in [0.2, 0.25) is 0 Å². The predicted octanol–water partition coefficient (Wildman–Crippen LogP) is 2.81. The van der Waals surface area contributed by atoms with Crippen molar-refractivity contribution in [3.63, 3.8) is 0 Å². The van der Waals surface area contributed by atoms with Crippen molar-refractivity contribution in [2.75, 3.05) is 6.54 Å². The summed E-state index contributed by atoms with van der Waals surface area (Å²) in [6.07, 6.45) is 4.41. The van der Waals surface area contributed by atoms with Crippen molar-refractivity contribution in [1.82, 2.24) is 4.90 Å². The Morgan fingerprint density at radius 2 is 1.88 bits per heavy atom. The third-order valence-electron chi connectivity index (χ3n) is 3.80. The number of likely N-dealkylation sites (N-methyl/N-ethyl adjacent to an activating group) is 1. The van der Waals surface area contributed by atoms with Crippen molar-refractivity contribution in [2.24, 2.45) is 0 Å². The zero-order valence-electron chi connectivity index (χ0n) is 10.7. The van der Waals surface area contributed by atoms with Gasteiger partial charge in [-0.05, 0) is 24.9 Å². The lowest BCUT2D eigenvalue weighted by Crippen LogP contribution is -2.44. The molecule has 1 aliphatic rings. The summed E-state index contributed by atoms with van der Waals surface area (Å²) in [7, 11) is 0. The third kappa shape index (κ3) is 3.30. The minimum atomic E-state index is -0.132. The molecule has 0 radical (unpaired) electrons. The Balaban J connectivity index is 2.00. The molecule has 0 unspecified atom stereocenters. The zero-order chi connectivity index (χ0) is 12.1. The van der Waals surface area contributed by atoms with E-state index in [1.54, 1.807) is 0 Å². The largest absolute Gasteiger partial charge is 0.391 e. The fourth-order valence-corrected chi connectivity index (χ4v) is 2.80. The van der Waals surface area contributed by atoms with E-state index >= 15 is 0 Å². The van der Waals surface area contributed by atoms with Gasteiger partial charge in [0.2, 0.25) is 0 Å². The third-order valence-corrected chi connectivity index (χ3v) is 3.80. The summed E-state index contributed by atoms with van der Waals surface area (Å²) in [5.74, 6) is 0. The molecule has 0 aromatic heterocycles. The van der Waals surface area contributed by atoms with Crippen molar-refractivity contribution in [3.05, 3.63) is 35.9 Å². The highest BCUT2D eigenvalue weighted by atomic mass is 16.3. The molecule has 2 heteroatoms. The lowest BCUT2D eigenvalue weighted by atomic mass is 9.91. The normalized spacial score (nSPS) is 25.1. The van der Waals surface area contributed by atoms with Crippen LogP contribution in [0.15, 0.2) is 30.3 Å². The van der Waals surface area contributed by atoms with Gasteiger partial charge in [-0.1, -0.05) is 50.1 Å². The lowest BCUT2D eigenvalue weighted by molar-refractivity contribution is 0.0182. The van der Waals surface area contributed by atoms with Gasteiger partial charge in [0.15, 0.2) is 0 Å². The molecule has 1 aliphatic carbocycles. The summed E-state index contributed by atoms with van der Waals surface area (Å²) >= 11 is 0. The van der Waals surface area contributed by atoms with Crippen molar-refractivity contribution in [2.45, 2.75) is 51.3 Å². The Labute approximate surface area is 104 Å². The maximum Gasteiger partial charge on any atom is 0.0695 e. The molecule has 2 rings (SSSR count). The van der Waals surface area contributed by atoms with Crippen LogP contribution in [0.5, 0.6) is 0 Å². The van der Waals surface area contributed by atoms with Crippen LogP contribution in [-0.4, -0.2) is 28.7 Å². The average molecular weight is 233 g/mol. The quantitative estimate of drug-likeness (QED) is 0.864. The van der Waals surface area contributed by atoms with E-state index in [1.165, 1.54) is 18.4 Å². The van der Waals surface area contributed by atoms with Crippen molar-refractivity contribution in [3.8, 4) is 0 Å². The molecule has 1 fully saturated rings. The monoisotopic (exact) mass is 233 g/mol. The van der Waals surface area contributed by atoms with Crippen LogP contribution in [0.1, 0.15) is 38.2 Å². The van der Waals surface area contributed by atoms with E-state index in [4.69, 9.17) is 0 Å². The predicted molar refractivity (Wildman–Crippen MR) is 70.8 cm³/mol. The van der Waals surface area contributed by atoms with Crippen LogP contribution < -0.4 is 0 Å². The minimum Gasteiger partial charge on any atom is -0.391 e. The Kier molecular flexibility index (Phi) is 4.57. The first-order valence-electron chi connectivity index (χ1n) is 6.77. The summed E-state index contributed by atoms with van der Waals surface area (Å²) in [5.41, 5.74) is 1.34. The van der Waals surface area contributed by atoms with E-state index in [1.807, 2.05) is 0 Å². The smallest absolute Gasteiger partial charge is 0.0695 e. The molecule has 1 aromatic carbocycles. The molecule has 0 saturated heterocycles. The summed E-state index contributed by atoms with van der Waals surface area (Å²) < 4.78 is 0. The van der Waals surface area contributed by atoms with Gasteiger partial charge in [0, 0.05) is 12.6 Å². The van der Waals surface area contributed by atoms with Crippen LogP contribution in [0.3, 0.4) is 0 Å². The Morgan fingerprint density at radius 3 is 2.53 bits per heavy atom. The first-order chi connectivity index (χ1) is 8.31. The highest BCUT2D eigenvalue weighted by molar-refractivity contribution is 5.14. The van der Waals surface area contributed by atoms with E-state index in [2.05, 4.69) is 42.2 Å². The van der Waals surface area contributed by atoms with E-state index in [9.17, 15) is 5.11 Å². The number of hydrogen-bond acceptors (Lipinski definition) is 2. The molecule has 2 nitrogen and oxygen atoms in total. The van der Waals surface area contributed by atoms with Crippen molar-refractivity contribution < 1.29 is 5.11 Å². The molecule has 17 heavy (non-hydrogen) atoms. The molecule has 2 atom stereocenters. The summed E-state index contributed by atoms with van der Waals surface area (Å²) in [4.78, 5) is 2.42. The van der Waals surface area contributed by atoms with E-state index in [-0.39, 0.29) is 6.10 Å². The Morgan fingerprint density at radius 1 is 1.18 bits per heavy atom. The van der Waals surface area contributed by atoms with E-state index < -0.39 is 0 Å². The van der Waals surface area contributed by atoms with Gasteiger partial charge >= 0.3 is 0 Å². The van der Waals surface area contributed by atoms with Gasteiger partial charge in [-0.15, -0.1) is 0 Å². The number of benzene rings is 1. The summed E-state index contributed by atoms with van der Waals surface area (Å²) in [5, 5.41) is 10.1. The molecule has 1 N–H and O–H groups in total. The van der Waals surface area contributed by atoms with Gasteiger partial charge in [-0.2, -0.15) is 0 Å². The number of nitrogens with zero attached hydrogens (tertiary/aromatic N) is 1. The highest BCUT2D eigenvalue weighted by Crippen LogP contribution is 2.24. The second kappa shape index (κ2) is 6.18. The van der Waals surface area contributed by atoms with E-state index in [0.717, 1.165) is 25.9 Å². The summed E-state index contributed by atoms with van der Waals surface area (Å²) in [6, 6.07) is 10.9. The molecule has 0 bridgehead atoms. The van der Waals surface area contributed by atoms with Gasteiger partial charge in [0.05, 0.1) is 6.10 Å². The molecule has 1 aromatic rings. The zero-order valence-corrected chi connectivity index (χ0v) is 10.7.